The summed E-state index contributed by atoms with van der Waals surface area (Å²) in [4.78, 5) is 0. The maximum atomic E-state index is 10.7. The van der Waals surface area contributed by atoms with Crippen LogP contribution in [0.2, 0.25) is 0 Å². The Morgan fingerprint density at radius 3 is 2.55 bits per heavy atom. The molecule has 2 rings (SSSR count). The molecule has 0 saturated heterocycles. The average Bonchev–Trinajstić information content (AvgIpc) is 2.64. The molecule has 1 aliphatic carbocycles. The van der Waals surface area contributed by atoms with Crippen LogP contribution in [0, 0.1) is 10.8 Å². The predicted octanol–water partition coefficient (Wildman–Crippen LogP) is 3.13. The first-order valence-electron chi connectivity index (χ1n) is 7.05. The maximum absolute atomic E-state index is 10.7. The number of hydrogen-bond acceptors (Lipinski definition) is 3. The number of methoxy groups -OCH3 is 1. The smallest absolute Gasteiger partial charge is 0.133 e. The van der Waals surface area contributed by atoms with Gasteiger partial charge in [0.15, 0.2) is 0 Å². The molecule has 0 radical (unpaired) electrons. The highest BCUT2D eigenvalue weighted by atomic mass is 79.9. The van der Waals surface area contributed by atoms with Gasteiger partial charge in [-0.05, 0) is 58.3 Å². The molecule has 3 nitrogen and oxygen atoms in total. The molecule has 1 fully saturated rings. The van der Waals surface area contributed by atoms with Gasteiger partial charge in [-0.3, -0.25) is 0 Å². The fraction of sp³-hybridized carbons (Fsp3) is 0.625. The molecule has 0 aromatic heterocycles. The highest BCUT2D eigenvalue weighted by molar-refractivity contribution is 9.10. The first kappa shape index (κ1) is 15.8. The van der Waals surface area contributed by atoms with Gasteiger partial charge >= 0.3 is 0 Å². The van der Waals surface area contributed by atoms with Crippen molar-refractivity contribution >= 4 is 15.9 Å². The topological polar surface area (TPSA) is 55.5 Å². The third-order valence-corrected chi connectivity index (χ3v) is 5.39. The first-order valence-corrected chi connectivity index (χ1v) is 7.84. The molecule has 0 bridgehead atoms. The van der Waals surface area contributed by atoms with Crippen molar-refractivity contribution in [3.63, 3.8) is 0 Å². The second-order valence-electron chi connectivity index (χ2n) is 6.60. The van der Waals surface area contributed by atoms with E-state index < -0.39 is 0 Å². The minimum absolute atomic E-state index is 0.0525. The summed E-state index contributed by atoms with van der Waals surface area (Å²) in [5, 5.41) is 10.7. The minimum atomic E-state index is -0.360. The number of ether oxygens (including phenoxy) is 1. The number of aliphatic hydroxyl groups excluding tert-OH is 1. The molecule has 3 N–H and O–H groups in total. The van der Waals surface area contributed by atoms with Crippen molar-refractivity contribution in [2.24, 2.45) is 16.6 Å². The van der Waals surface area contributed by atoms with E-state index in [1.165, 1.54) is 5.56 Å². The van der Waals surface area contributed by atoms with Crippen LogP contribution in [0.1, 0.15) is 32.3 Å². The van der Waals surface area contributed by atoms with Crippen LogP contribution in [0.5, 0.6) is 5.75 Å². The Labute approximate surface area is 129 Å². The van der Waals surface area contributed by atoms with Gasteiger partial charge in [0.05, 0.1) is 17.7 Å². The van der Waals surface area contributed by atoms with E-state index >= 15 is 0 Å². The SMILES string of the molecule is COc1ccc(CC2(CN)CCC(C)(C)C2O)cc1Br. The lowest BCUT2D eigenvalue weighted by molar-refractivity contribution is -0.00464. The normalized spacial score (nSPS) is 28.6. The molecule has 4 heteroatoms. The van der Waals surface area contributed by atoms with Crippen molar-refractivity contribution in [1.82, 2.24) is 0 Å². The van der Waals surface area contributed by atoms with E-state index in [0.717, 1.165) is 29.5 Å². The van der Waals surface area contributed by atoms with Crippen molar-refractivity contribution < 1.29 is 9.84 Å². The second kappa shape index (κ2) is 5.66. The van der Waals surface area contributed by atoms with Crippen molar-refractivity contribution in [2.45, 2.75) is 39.2 Å². The monoisotopic (exact) mass is 341 g/mol. The van der Waals surface area contributed by atoms with E-state index in [-0.39, 0.29) is 16.9 Å². The summed E-state index contributed by atoms with van der Waals surface area (Å²) < 4.78 is 6.20. The Morgan fingerprint density at radius 2 is 2.10 bits per heavy atom. The summed E-state index contributed by atoms with van der Waals surface area (Å²) in [6, 6.07) is 6.07. The molecule has 0 amide bonds. The molecular formula is C16H24BrNO2. The van der Waals surface area contributed by atoms with E-state index in [4.69, 9.17) is 10.5 Å². The van der Waals surface area contributed by atoms with Gasteiger partial charge in [0.1, 0.15) is 5.75 Å². The highest BCUT2D eigenvalue weighted by Gasteiger charge is 2.50. The summed E-state index contributed by atoms with van der Waals surface area (Å²) >= 11 is 3.52. The molecule has 2 unspecified atom stereocenters. The van der Waals surface area contributed by atoms with Crippen LogP contribution in [0.3, 0.4) is 0 Å². The van der Waals surface area contributed by atoms with Crippen molar-refractivity contribution in [2.75, 3.05) is 13.7 Å². The van der Waals surface area contributed by atoms with E-state index in [2.05, 4.69) is 41.9 Å². The Kier molecular flexibility index (Phi) is 4.47. The summed E-state index contributed by atoms with van der Waals surface area (Å²) in [5.74, 6) is 0.822. The summed E-state index contributed by atoms with van der Waals surface area (Å²) in [5.41, 5.74) is 6.94. The summed E-state index contributed by atoms with van der Waals surface area (Å²) in [6.45, 7) is 4.76. The number of hydrogen-bond donors (Lipinski definition) is 2. The number of rotatable bonds is 4. The lowest BCUT2D eigenvalue weighted by Gasteiger charge is -2.36. The molecule has 1 saturated carbocycles. The van der Waals surface area contributed by atoms with Gasteiger partial charge < -0.3 is 15.6 Å². The van der Waals surface area contributed by atoms with Gasteiger partial charge in [-0.25, -0.2) is 0 Å². The number of nitrogens with two attached hydrogens (primary N) is 1. The molecular weight excluding hydrogens is 318 g/mol. The number of halogens is 1. The van der Waals surface area contributed by atoms with E-state index in [0.29, 0.717) is 6.54 Å². The zero-order valence-electron chi connectivity index (χ0n) is 12.4. The lowest BCUT2D eigenvalue weighted by Crippen LogP contribution is -2.44. The highest BCUT2D eigenvalue weighted by Crippen LogP contribution is 2.50. The van der Waals surface area contributed by atoms with Gasteiger partial charge in [0, 0.05) is 12.0 Å². The standard InChI is InChI=1S/C16H24BrNO2/c1-15(2)6-7-16(10-18,14(15)19)9-11-4-5-13(20-3)12(17)8-11/h4-5,8,14,19H,6-7,9-10,18H2,1-3H3. The Hall–Kier alpha value is -0.580. The van der Waals surface area contributed by atoms with Crippen LogP contribution in [0.15, 0.2) is 22.7 Å². The van der Waals surface area contributed by atoms with E-state index in [1.54, 1.807) is 7.11 Å². The van der Waals surface area contributed by atoms with Gasteiger partial charge in [-0.2, -0.15) is 0 Å². The van der Waals surface area contributed by atoms with Gasteiger partial charge in [-0.1, -0.05) is 19.9 Å². The van der Waals surface area contributed by atoms with Crippen LogP contribution >= 0.6 is 15.9 Å². The Bertz CT molecular complexity index is 489. The molecule has 2 atom stereocenters. The molecule has 1 aromatic carbocycles. The van der Waals surface area contributed by atoms with Crippen LogP contribution in [0.25, 0.3) is 0 Å². The third kappa shape index (κ3) is 2.74. The first-order chi connectivity index (χ1) is 9.34. The molecule has 1 aliphatic rings. The Balaban J connectivity index is 2.25. The molecule has 20 heavy (non-hydrogen) atoms. The molecule has 0 aliphatic heterocycles. The van der Waals surface area contributed by atoms with E-state index in [9.17, 15) is 5.11 Å². The van der Waals surface area contributed by atoms with Gasteiger partial charge in [0.25, 0.3) is 0 Å². The van der Waals surface area contributed by atoms with Gasteiger partial charge in [0.2, 0.25) is 0 Å². The molecule has 112 valence electrons. The lowest BCUT2D eigenvalue weighted by atomic mass is 9.74. The molecule has 0 heterocycles. The summed E-state index contributed by atoms with van der Waals surface area (Å²) in [6.07, 6.45) is 2.43. The zero-order chi connectivity index (χ0) is 15.0. The fourth-order valence-electron chi connectivity index (χ4n) is 3.37. The predicted molar refractivity (Wildman–Crippen MR) is 84.9 cm³/mol. The summed E-state index contributed by atoms with van der Waals surface area (Å²) in [7, 11) is 1.66. The quantitative estimate of drug-likeness (QED) is 0.884. The van der Waals surface area contributed by atoms with Crippen LogP contribution < -0.4 is 10.5 Å². The van der Waals surface area contributed by atoms with Crippen molar-refractivity contribution in [3.05, 3.63) is 28.2 Å². The van der Waals surface area contributed by atoms with Crippen LogP contribution in [-0.2, 0) is 6.42 Å². The van der Waals surface area contributed by atoms with Crippen molar-refractivity contribution in [3.8, 4) is 5.75 Å². The van der Waals surface area contributed by atoms with Gasteiger partial charge in [-0.15, -0.1) is 0 Å². The third-order valence-electron chi connectivity index (χ3n) is 4.77. The Morgan fingerprint density at radius 1 is 1.40 bits per heavy atom. The minimum Gasteiger partial charge on any atom is -0.496 e. The van der Waals surface area contributed by atoms with E-state index in [1.807, 2.05) is 6.07 Å². The number of benzene rings is 1. The van der Waals surface area contributed by atoms with Crippen LogP contribution in [-0.4, -0.2) is 24.9 Å². The molecule has 1 aromatic rings. The largest absolute Gasteiger partial charge is 0.496 e. The fourth-order valence-corrected chi connectivity index (χ4v) is 3.96. The zero-order valence-corrected chi connectivity index (χ0v) is 14.0. The molecule has 0 spiro atoms. The number of aliphatic hydroxyl groups is 1. The van der Waals surface area contributed by atoms with Crippen LogP contribution in [0.4, 0.5) is 0 Å². The second-order valence-corrected chi connectivity index (χ2v) is 7.46. The maximum Gasteiger partial charge on any atom is 0.133 e. The average molecular weight is 342 g/mol. The van der Waals surface area contributed by atoms with Crippen molar-refractivity contribution in [1.29, 1.82) is 0 Å².